The molecule has 0 atom stereocenters. The van der Waals surface area contributed by atoms with Crippen LogP contribution in [0.4, 0.5) is 4.79 Å². The highest BCUT2D eigenvalue weighted by Crippen LogP contribution is 2.07. The molecule has 4 amide bonds. The van der Waals surface area contributed by atoms with Gasteiger partial charge in [0.25, 0.3) is 5.91 Å². The highest BCUT2D eigenvalue weighted by atomic mass is 32.1. The smallest absolute Gasteiger partial charge is 0.314 e. The molecule has 0 aliphatic carbocycles. The standard InChI is InChI=1S/C12H18N4O3S/c1-9(17)13-4-6-15-12(19)16-7-5-14-11(18)10-3-2-8-20-10/h2-3,8H,4-7H2,1H3,(H,13,17)(H,14,18)(H2,15,16,19). The summed E-state index contributed by atoms with van der Waals surface area (Å²) in [5, 5.41) is 12.3. The maximum absolute atomic E-state index is 11.6. The molecule has 110 valence electrons. The van der Waals surface area contributed by atoms with Gasteiger partial charge in [-0.3, -0.25) is 9.59 Å². The van der Waals surface area contributed by atoms with E-state index in [0.29, 0.717) is 31.1 Å². The molecule has 1 aromatic heterocycles. The van der Waals surface area contributed by atoms with Crippen molar-refractivity contribution in [3.63, 3.8) is 0 Å². The number of carbonyl (C=O) groups is 3. The van der Waals surface area contributed by atoms with Crippen molar-refractivity contribution in [3.8, 4) is 0 Å². The molecule has 8 heteroatoms. The molecule has 0 fully saturated rings. The molecule has 0 aliphatic heterocycles. The molecule has 0 saturated heterocycles. The Bertz CT molecular complexity index is 448. The van der Waals surface area contributed by atoms with Gasteiger partial charge < -0.3 is 21.3 Å². The largest absolute Gasteiger partial charge is 0.355 e. The van der Waals surface area contributed by atoms with Crippen LogP contribution in [0.2, 0.25) is 0 Å². The summed E-state index contributed by atoms with van der Waals surface area (Å²) >= 11 is 1.37. The monoisotopic (exact) mass is 298 g/mol. The summed E-state index contributed by atoms with van der Waals surface area (Å²) in [6.45, 7) is 2.85. The number of hydrogen-bond donors (Lipinski definition) is 4. The molecule has 1 rings (SSSR count). The lowest BCUT2D eigenvalue weighted by atomic mass is 10.4. The van der Waals surface area contributed by atoms with Crippen LogP contribution in [-0.2, 0) is 4.79 Å². The number of carbonyl (C=O) groups excluding carboxylic acids is 3. The Hall–Kier alpha value is -2.09. The molecule has 20 heavy (non-hydrogen) atoms. The zero-order valence-corrected chi connectivity index (χ0v) is 12.0. The number of hydrogen-bond acceptors (Lipinski definition) is 4. The van der Waals surface area contributed by atoms with Crippen molar-refractivity contribution in [2.45, 2.75) is 6.92 Å². The van der Waals surface area contributed by atoms with E-state index >= 15 is 0 Å². The minimum absolute atomic E-state index is 0.136. The van der Waals surface area contributed by atoms with Crippen LogP contribution in [0.5, 0.6) is 0 Å². The highest BCUT2D eigenvalue weighted by Gasteiger charge is 2.05. The van der Waals surface area contributed by atoms with Gasteiger partial charge in [0.1, 0.15) is 0 Å². The molecule has 0 radical (unpaired) electrons. The zero-order chi connectivity index (χ0) is 14.8. The van der Waals surface area contributed by atoms with Gasteiger partial charge in [0.15, 0.2) is 0 Å². The maximum atomic E-state index is 11.6. The average Bonchev–Trinajstić information content (AvgIpc) is 2.93. The summed E-state index contributed by atoms with van der Waals surface area (Å²) in [7, 11) is 0. The minimum atomic E-state index is -0.333. The first-order chi connectivity index (χ1) is 9.59. The van der Waals surface area contributed by atoms with Gasteiger partial charge in [-0.05, 0) is 11.4 Å². The number of urea groups is 1. The Balaban J connectivity index is 2.02. The van der Waals surface area contributed by atoms with Crippen molar-refractivity contribution in [1.29, 1.82) is 0 Å². The van der Waals surface area contributed by atoms with Gasteiger partial charge in [-0.15, -0.1) is 11.3 Å². The Morgan fingerprint density at radius 2 is 1.60 bits per heavy atom. The van der Waals surface area contributed by atoms with E-state index in [2.05, 4.69) is 21.3 Å². The third kappa shape index (κ3) is 6.74. The van der Waals surface area contributed by atoms with E-state index in [0.717, 1.165) is 0 Å². The molecule has 7 nitrogen and oxygen atoms in total. The number of nitrogens with one attached hydrogen (secondary N) is 4. The second-order valence-electron chi connectivity index (χ2n) is 3.90. The number of thiophene rings is 1. The quantitative estimate of drug-likeness (QED) is 0.530. The van der Waals surface area contributed by atoms with Crippen molar-refractivity contribution in [2.24, 2.45) is 0 Å². The zero-order valence-electron chi connectivity index (χ0n) is 11.2. The molecule has 0 unspecified atom stereocenters. The Kier molecular flexibility index (Phi) is 7.12. The molecular weight excluding hydrogens is 280 g/mol. The van der Waals surface area contributed by atoms with E-state index in [4.69, 9.17) is 0 Å². The lowest BCUT2D eigenvalue weighted by Gasteiger charge is -2.08. The third-order valence-electron chi connectivity index (χ3n) is 2.23. The predicted octanol–water partition coefficient (Wildman–Crippen LogP) is -0.0868. The molecule has 0 saturated carbocycles. The minimum Gasteiger partial charge on any atom is -0.355 e. The fourth-order valence-electron chi connectivity index (χ4n) is 1.32. The van der Waals surface area contributed by atoms with Gasteiger partial charge in [0.2, 0.25) is 5.91 Å². The van der Waals surface area contributed by atoms with Crippen LogP contribution in [0.3, 0.4) is 0 Å². The van der Waals surface area contributed by atoms with Crippen LogP contribution in [0, 0.1) is 0 Å². The molecule has 0 aliphatic rings. The summed E-state index contributed by atoms with van der Waals surface area (Å²) in [6.07, 6.45) is 0. The number of rotatable bonds is 7. The van der Waals surface area contributed by atoms with E-state index in [1.54, 1.807) is 12.1 Å². The SMILES string of the molecule is CC(=O)NCCNC(=O)NCCNC(=O)c1cccs1. The molecular formula is C12H18N4O3S. The molecule has 0 bridgehead atoms. The van der Waals surface area contributed by atoms with Gasteiger partial charge in [-0.25, -0.2) is 4.79 Å². The normalized spacial score (nSPS) is 9.65. The van der Waals surface area contributed by atoms with Crippen LogP contribution < -0.4 is 21.3 Å². The first-order valence-electron chi connectivity index (χ1n) is 6.17. The summed E-state index contributed by atoms with van der Waals surface area (Å²) in [5.74, 6) is -0.281. The topological polar surface area (TPSA) is 99.3 Å². The lowest BCUT2D eigenvalue weighted by Crippen LogP contribution is -2.42. The molecule has 1 aromatic rings. The Labute approximate surface area is 121 Å². The van der Waals surface area contributed by atoms with Crippen molar-refractivity contribution in [1.82, 2.24) is 21.3 Å². The summed E-state index contributed by atoms with van der Waals surface area (Å²) < 4.78 is 0. The second kappa shape index (κ2) is 8.92. The Morgan fingerprint density at radius 3 is 2.15 bits per heavy atom. The first kappa shape index (κ1) is 16.0. The Morgan fingerprint density at radius 1 is 1.00 bits per heavy atom. The van der Waals surface area contributed by atoms with Gasteiger partial charge in [0.05, 0.1) is 4.88 Å². The highest BCUT2D eigenvalue weighted by molar-refractivity contribution is 7.12. The van der Waals surface area contributed by atoms with Crippen molar-refractivity contribution >= 4 is 29.2 Å². The van der Waals surface area contributed by atoms with Gasteiger partial charge in [-0.1, -0.05) is 6.07 Å². The lowest BCUT2D eigenvalue weighted by molar-refractivity contribution is -0.118. The summed E-state index contributed by atoms with van der Waals surface area (Å²) in [6, 6.07) is 3.21. The van der Waals surface area contributed by atoms with E-state index < -0.39 is 0 Å². The predicted molar refractivity (Wildman–Crippen MR) is 76.7 cm³/mol. The van der Waals surface area contributed by atoms with Gasteiger partial charge in [0, 0.05) is 33.1 Å². The van der Waals surface area contributed by atoms with E-state index in [9.17, 15) is 14.4 Å². The van der Waals surface area contributed by atoms with Crippen LogP contribution in [0.15, 0.2) is 17.5 Å². The molecule has 0 aromatic carbocycles. The fourth-order valence-corrected chi connectivity index (χ4v) is 1.96. The average molecular weight is 298 g/mol. The van der Waals surface area contributed by atoms with E-state index in [-0.39, 0.29) is 17.8 Å². The van der Waals surface area contributed by atoms with E-state index in [1.807, 2.05) is 5.38 Å². The summed E-state index contributed by atoms with van der Waals surface area (Å²) in [5.41, 5.74) is 0. The first-order valence-corrected chi connectivity index (χ1v) is 7.05. The fraction of sp³-hybridized carbons (Fsp3) is 0.417. The van der Waals surface area contributed by atoms with Crippen molar-refractivity contribution < 1.29 is 14.4 Å². The van der Waals surface area contributed by atoms with E-state index in [1.165, 1.54) is 18.3 Å². The van der Waals surface area contributed by atoms with Gasteiger partial charge in [-0.2, -0.15) is 0 Å². The van der Waals surface area contributed by atoms with Crippen LogP contribution >= 0.6 is 11.3 Å². The van der Waals surface area contributed by atoms with Crippen LogP contribution in [-0.4, -0.2) is 44.0 Å². The van der Waals surface area contributed by atoms with Crippen LogP contribution in [0.25, 0.3) is 0 Å². The second-order valence-corrected chi connectivity index (χ2v) is 4.85. The third-order valence-corrected chi connectivity index (χ3v) is 3.09. The molecule has 0 spiro atoms. The molecule has 1 heterocycles. The number of amides is 4. The van der Waals surface area contributed by atoms with Gasteiger partial charge >= 0.3 is 6.03 Å². The van der Waals surface area contributed by atoms with Crippen molar-refractivity contribution in [3.05, 3.63) is 22.4 Å². The summed E-state index contributed by atoms with van der Waals surface area (Å²) in [4.78, 5) is 34.1. The molecule has 4 N–H and O–H groups in total. The van der Waals surface area contributed by atoms with Crippen molar-refractivity contribution in [2.75, 3.05) is 26.2 Å². The maximum Gasteiger partial charge on any atom is 0.314 e. The van der Waals surface area contributed by atoms with Crippen LogP contribution in [0.1, 0.15) is 16.6 Å².